The molecule has 0 radical (unpaired) electrons. The normalized spacial score (nSPS) is 20.9. The quantitative estimate of drug-likeness (QED) is 0.652. The molecule has 1 aromatic heterocycles. The molecule has 1 fully saturated rings. The number of nitrogens with zero attached hydrogens (tertiary/aromatic N) is 3. The summed E-state index contributed by atoms with van der Waals surface area (Å²) in [4.78, 5) is 45.2. The molecule has 33 heavy (non-hydrogen) atoms. The van der Waals surface area contributed by atoms with Crippen molar-refractivity contribution in [3.8, 4) is 0 Å². The highest BCUT2D eigenvalue weighted by Gasteiger charge is 2.49. The number of carbonyl (C=O) groups is 3. The Hall–Kier alpha value is -3.16. The summed E-state index contributed by atoms with van der Waals surface area (Å²) in [5, 5.41) is 3.20. The second-order valence-corrected chi connectivity index (χ2v) is 9.19. The smallest absolute Gasteiger partial charge is 0.359 e. The van der Waals surface area contributed by atoms with Crippen LogP contribution in [-0.4, -0.2) is 57.5 Å². The number of nitrogens with one attached hydrogen (secondary N) is 1. The summed E-state index contributed by atoms with van der Waals surface area (Å²) in [5.74, 6) is -1.17. The lowest BCUT2D eigenvalue weighted by atomic mass is 9.91. The van der Waals surface area contributed by atoms with E-state index in [1.54, 1.807) is 9.47 Å². The number of esters is 1. The van der Waals surface area contributed by atoms with Crippen molar-refractivity contribution >= 4 is 17.8 Å². The SMILES string of the molecule is COC(=O)c1ncn2c1C(=O)N(CCCc1ccccc1)C(C)(C(=O)NC1CCCCC1)C2. The predicted octanol–water partition coefficient (Wildman–Crippen LogP) is 2.97. The fourth-order valence-electron chi connectivity index (χ4n) is 4.96. The van der Waals surface area contributed by atoms with E-state index in [0.717, 1.165) is 32.1 Å². The number of imidazole rings is 1. The Labute approximate surface area is 194 Å². The largest absolute Gasteiger partial charge is 0.464 e. The van der Waals surface area contributed by atoms with E-state index in [9.17, 15) is 14.4 Å². The van der Waals surface area contributed by atoms with Crippen molar-refractivity contribution in [2.75, 3.05) is 13.7 Å². The van der Waals surface area contributed by atoms with Crippen LogP contribution in [0, 0.1) is 0 Å². The maximum absolute atomic E-state index is 13.7. The molecule has 176 valence electrons. The fourth-order valence-corrected chi connectivity index (χ4v) is 4.96. The lowest BCUT2D eigenvalue weighted by Gasteiger charge is -2.44. The van der Waals surface area contributed by atoms with Gasteiger partial charge in [0.05, 0.1) is 20.0 Å². The zero-order chi connectivity index (χ0) is 23.4. The van der Waals surface area contributed by atoms with Crippen LogP contribution in [0.4, 0.5) is 0 Å². The van der Waals surface area contributed by atoms with Crippen molar-refractivity contribution in [1.82, 2.24) is 19.8 Å². The summed E-state index contributed by atoms with van der Waals surface area (Å²) in [6, 6.07) is 10.2. The molecule has 1 aromatic carbocycles. The first kappa shape index (κ1) is 23.0. The standard InChI is InChI=1S/C25H32N4O4/c1-25(24(32)27-19-13-7-4-8-14-19)16-28-17-26-20(23(31)33-2)21(28)22(30)29(25)15-9-12-18-10-5-3-6-11-18/h3,5-6,10-11,17,19H,4,7-9,12-16H2,1-2H3,(H,27,32). The van der Waals surface area contributed by atoms with E-state index in [1.807, 2.05) is 25.1 Å². The molecule has 1 saturated carbocycles. The number of hydrogen-bond donors (Lipinski definition) is 1. The minimum atomic E-state index is -1.08. The monoisotopic (exact) mass is 452 g/mol. The summed E-state index contributed by atoms with van der Waals surface area (Å²) >= 11 is 0. The number of rotatable bonds is 7. The van der Waals surface area contributed by atoms with E-state index in [1.165, 1.54) is 25.4 Å². The van der Waals surface area contributed by atoms with Crippen molar-refractivity contribution in [1.29, 1.82) is 0 Å². The van der Waals surface area contributed by atoms with Gasteiger partial charge in [0.25, 0.3) is 5.91 Å². The third-order valence-corrected chi connectivity index (χ3v) is 6.86. The summed E-state index contributed by atoms with van der Waals surface area (Å²) in [5.41, 5.74) is 0.275. The molecule has 2 aliphatic rings. The Morgan fingerprint density at radius 2 is 1.91 bits per heavy atom. The molecular weight excluding hydrogens is 420 g/mol. The van der Waals surface area contributed by atoms with Gasteiger partial charge in [0.1, 0.15) is 11.2 Å². The molecule has 0 spiro atoms. The van der Waals surface area contributed by atoms with Gasteiger partial charge in [-0.15, -0.1) is 0 Å². The maximum atomic E-state index is 13.7. The molecule has 4 rings (SSSR count). The van der Waals surface area contributed by atoms with E-state index in [-0.39, 0.29) is 35.8 Å². The van der Waals surface area contributed by atoms with Gasteiger partial charge in [-0.1, -0.05) is 49.6 Å². The van der Waals surface area contributed by atoms with Gasteiger partial charge in [-0.2, -0.15) is 0 Å². The molecule has 1 unspecified atom stereocenters. The highest BCUT2D eigenvalue weighted by atomic mass is 16.5. The Morgan fingerprint density at radius 1 is 1.18 bits per heavy atom. The van der Waals surface area contributed by atoms with E-state index in [0.29, 0.717) is 13.0 Å². The number of fused-ring (bicyclic) bond motifs is 1. The van der Waals surface area contributed by atoms with Crippen LogP contribution in [0.2, 0.25) is 0 Å². The molecule has 1 N–H and O–H groups in total. The van der Waals surface area contributed by atoms with E-state index >= 15 is 0 Å². The fraction of sp³-hybridized carbons (Fsp3) is 0.520. The molecule has 1 aliphatic carbocycles. The lowest BCUT2D eigenvalue weighted by molar-refractivity contribution is -0.133. The van der Waals surface area contributed by atoms with E-state index in [4.69, 9.17) is 4.74 Å². The van der Waals surface area contributed by atoms with Gasteiger partial charge in [0, 0.05) is 12.6 Å². The number of aryl methyl sites for hydroxylation is 1. The summed E-state index contributed by atoms with van der Waals surface area (Å²) < 4.78 is 6.43. The summed E-state index contributed by atoms with van der Waals surface area (Å²) in [6.45, 7) is 2.45. The average molecular weight is 453 g/mol. The van der Waals surface area contributed by atoms with Crippen LogP contribution >= 0.6 is 0 Å². The molecule has 2 heterocycles. The molecule has 8 heteroatoms. The first-order valence-electron chi connectivity index (χ1n) is 11.7. The second kappa shape index (κ2) is 9.77. The van der Waals surface area contributed by atoms with Crippen LogP contribution < -0.4 is 5.32 Å². The number of aromatic nitrogens is 2. The first-order valence-corrected chi connectivity index (χ1v) is 11.7. The highest BCUT2D eigenvalue weighted by Crippen LogP contribution is 2.30. The van der Waals surface area contributed by atoms with E-state index < -0.39 is 11.5 Å². The van der Waals surface area contributed by atoms with Crippen molar-refractivity contribution in [3.63, 3.8) is 0 Å². The van der Waals surface area contributed by atoms with Crippen molar-refractivity contribution < 1.29 is 19.1 Å². The third-order valence-electron chi connectivity index (χ3n) is 6.86. The Balaban J connectivity index is 1.60. The number of amides is 2. The van der Waals surface area contributed by atoms with Gasteiger partial charge in [0.2, 0.25) is 5.91 Å². The van der Waals surface area contributed by atoms with Crippen molar-refractivity contribution in [2.24, 2.45) is 0 Å². The minimum absolute atomic E-state index is 0.00898. The predicted molar refractivity (Wildman–Crippen MR) is 123 cm³/mol. The van der Waals surface area contributed by atoms with Crippen LogP contribution in [0.15, 0.2) is 36.7 Å². The molecule has 0 saturated heterocycles. The zero-order valence-electron chi connectivity index (χ0n) is 19.4. The summed E-state index contributed by atoms with van der Waals surface area (Å²) in [7, 11) is 1.26. The topological polar surface area (TPSA) is 93.5 Å². The van der Waals surface area contributed by atoms with Crippen molar-refractivity contribution in [2.45, 2.75) is 70.0 Å². The average Bonchev–Trinajstić information content (AvgIpc) is 3.25. The van der Waals surface area contributed by atoms with Gasteiger partial charge < -0.3 is 19.5 Å². The van der Waals surface area contributed by atoms with Crippen molar-refractivity contribution in [3.05, 3.63) is 53.6 Å². The number of methoxy groups -OCH3 is 1. The molecule has 0 bridgehead atoms. The maximum Gasteiger partial charge on any atom is 0.359 e. The summed E-state index contributed by atoms with van der Waals surface area (Å²) in [6.07, 6.45) is 8.28. The molecule has 1 atom stereocenters. The first-order chi connectivity index (χ1) is 15.9. The lowest BCUT2D eigenvalue weighted by Crippen LogP contribution is -2.65. The van der Waals surface area contributed by atoms with Crippen LogP contribution in [0.1, 0.15) is 72.0 Å². The zero-order valence-corrected chi connectivity index (χ0v) is 19.4. The minimum Gasteiger partial charge on any atom is -0.464 e. The van der Waals surface area contributed by atoms with Gasteiger partial charge in [-0.05, 0) is 38.2 Å². The number of hydrogen-bond acceptors (Lipinski definition) is 5. The van der Waals surface area contributed by atoms with Crippen LogP contribution in [0.25, 0.3) is 0 Å². The third kappa shape index (κ3) is 4.65. The molecule has 1 aliphatic heterocycles. The van der Waals surface area contributed by atoms with Crippen LogP contribution in [0.5, 0.6) is 0 Å². The van der Waals surface area contributed by atoms with Gasteiger partial charge in [-0.3, -0.25) is 9.59 Å². The number of carbonyl (C=O) groups excluding carboxylic acids is 3. The molecule has 2 amide bonds. The molecule has 2 aromatic rings. The van der Waals surface area contributed by atoms with E-state index in [2.05, 4.69) is 22.4 Å². The highest BCUT2D eigenvalue weighted by molar-refractivity contribution is 6.06. The van der Waals surface area contributed by atoms with Gasteiger partial charge >= 0.3 is 5.97 Å². The van der Waals surface area contributed by atoms with Gasteiger partial charge in [0.15, 0.2) is 5.69 Å². The Bertz CT molecular complexity index is 1010. The molecule has 8 nitrogen and oxygen atoms in total. The molecular formula is C25H32N4O4. The van der Waals surface area contributed by atoms with Crippen LogP contribution in [0.3, 0.4) is 0 Å². The number of ether oxygens (including phenoxy) is 1. The Morgan fingerprint density at radius 3 is 2.61 bits per heavy atom. The Kier molecular flexibility index (Phi) is 6.81. The van der Waals surface area contributed by atoms with Gasteiger partial charge in [-0.25, -0.2) is 9.78 Å². The number of benzene rings is 1. The second-order valence-electron chi connectivity index (χ2n) is 9.19. The van der Waals surface area contributed by atoms with Crippen LogP contribution in [-0.2, 0) is 22.5 Å².